The minimum absolute atomic E-state index is 0.0995. The molecule has 3 N–H and O–H groups in total. The monoisotopic (exact) mass is 383 g/mol. The van der Waals surface area contributed by atoms with E-state index in [2.05, 4.69) is 10.4 Å². The van der Waals surface area contributed by atoms with Crippen molar-refractivity contribution in [3.05, 3.63) is 64.3 Å². The highest BCUT2D eigenvalue weighted by Gasteiger charge is 2.18. The molecule has 0 aliphatic heterocycles. The number of para-hydroxylation sites is 1. The highest BCUT2D eigenvalue weighted by Crippen LogP contribution is 2.24. The summed E-state index contributed by atoms with van der Waals surface area (Å²) in [4.78, 5) is 17.1. The molecule has 0 unspecified atom stereocenters. The van der Waals surface area contributed by atoms with Gasteiger partial charge in [-0.25, -0.2) is 8.42 Å². The van der Waals surface area contributed by atoms with Crippen molar-refractivity contribution < 1.29 is 13.2 Å². The quantitative estimate of drug-likeness (QED) is 0.604. The summed E-state index contributed by atoms with van der Waals surface area (Å²) < 4.78 is 24.4. The zero-order valence-corrected chi connectivity index (χ0v) is 14.3. The molecule has 2 aromatic carbocycles. The second-order valence-corrected chi connectivity index (χ2v) is 7.38. The predicted octanol–water partition coefficient (Wildman–Crippen LogP) is 3.10. The summed E-state index contributed by atoms with van der Waals surface area (Å²) in [6.07, 6.45) is 1.51. The maximum Gasteiger partial charge on any atom is 0.268 e. The summed E-state index contributed by atoms with van der Waals surface area (Å²) in [6.45, 7) is 0. The number of amides is 1. The van der Waals surface area contributed by atoms with Crippen LogP contribution in [-0.4, -0.2) is 19.3 Å². The molecule has 0 saturated heterocycles. The summed E-state index contributed by atoms with van der Waals surface area (Å²) in [5.41, 5.74) is 3.27. The molecule has 0 aliphatic carbocycles. The van der Waals surface area contributed by atoms with E-state index in [1.54, 1.807) is 12.1 Å². The van der Waals surface area contributed by atoms with Gasteiger partial charge in [0.25, 0.3) is 15.9 Å². The van der Waals surface area contributed by atoms with E-state index in [-0.39, 0.29) is 14.9 Å². The molecule has 0 atom stereocenters. The van der Waals surface area contributed by atoms with Crippen LogP contribution >= 0.6 is 23.2 Å². The largest absolute Gasteiger partial charge is 0.360 e. The number of carbonyl (C=O) groups is 1. The normalized spacial score (nSPS) is 11.6. The maximum absolute atomic E-state index is 12.2. The van der Waals surface area contributed by atoms with Crippen LogP contribution in [0.15, 0.2) is 53.6 Å². The number of fused-ring (bicyclic) bond motifs is 1. The molecule has 0 radical (unpaired) electrons. The summed E-state index contributed by atoms with van der Waals surface area (Å²) in [7, 11) is -3.97. The molecule has 1 heterocycles. The van der Waals surface area contributed by atoms with Gasteiger partial charge in [-0.1, -0.05) is 41.4 Å². The number of sulfonamides is 1. The van der Waals surface area contributed by atoms with Crippen molar-refractivity contribution in [1.82, 2.24) is 15.2 Å². The van der Waals surface area contributed by atoms with Gasteiger partial charge in [-0.05, 0) is 24.3 Å². The van der Waals surface area contributed by atoms with Gasteiger partial charge in [0.05, 0.1) is 20.5 Å². The van der Waals surface area contributed by atoms with Crippen molar-refractivity contribution >= 4 is 50.0 Å². The van der Waals surface area contributed by atoms with Gasteiger partial charge in [-0.3, -0.25) is 10.2 Å². The molecule has 0 fully saturated rings. The Balaban J connectivity index is 1.79. The molecule has 3 rings (SSSR count). The number of hydrogen-bond acceptors (Lipinski definition) is 3. The number of aromatic nitrogens is 1. The van der Waals surface area contributed by atoms with Gasteiger partial charge in [0.2, 0.25) is 0 Å². The predicted molar refractivity (Wildman–Crippen MR) is 92.5 cm³/mol. The smallest absolute Gasteiger partial charge is 0.268 e. The van der Waals surface area contributed by atoms with Gasteiger partial charge >= 0.3 is 0 Å². The standard InChI is InChI=1S/C15H11Cl2N3O3S/c16-12-6-5-9(7-13(12)17)24(22,23)20-19-15(21)11-8-18-14-4-2-1-3-10(11)14/h1-8,18,20H,(H,19,21). The highest BCUT2D eigenvalue weighted by atomic mass is 35.5. The van der Waals surface area contributed by atoms with Crippen LogP contribution in [0, 0.1) is 0 Å². The van der Waals surface area contributed by atoms with Gasteiger partial charge in [0.1, 0.15) is 0 Å². The number of carbonyl (C=O) groups excluding carboxylic acids is 1. The minimum Gasteiger partial charge on any atom is -0.360 e. The van der Waals surface area contributed by atoms with E-state index in [0.29, 0.717) is 10.9 Å². The van der Waals surface area contributed by atoms with Crippen molar-refractivity contribution in [2.24, 2.45) is 0 Å². The zero-order chi connectivity index (χ0) is 17.3. The van der Waals surface area contributed by atoms with Crippen LogP contribution in [0.5, 0.6) is 0 Å². The molecule has 9 heteroatoms. The molecule has 0 aliphatic rings. The first kappa shape index (κ1) is 16.8. The number of hydrazine groups is 1. The van der Waals surface area contributed by atoms with Crippen LogP contribution < -0.4 is 10.3 Å². The number of aromatic amines is 1. The van der Waals surface area contributed by atoms with Crippen molar-refractivity contribution in [2.45, 2.75) is 4.90 Å². The summed E-state index contributed by atoms with van der Waals surface area (Å²) in [6, 6.07) is 11.0. The fourth-order valence-corrected chi connectivity index (χ4v) is 3.37. The third kappa shape index (κ3) is 3.25. The molecule has 1 amide bonds. The van der Waals surface area contributed by atoms with Crippen LogP contribution in [0.2, 0.25) is 10.0 Å². The Labute approximate surface area is 147 Å². The average Bonchev–Trinajstić information content (AvgIpc) is 2.99. The average molecular weight is 384 g/mol. The SMILES string of the molecule is O=C(NNS(=O)(=O)c1ccc(Cl)c(Cl)c1)c1c[nH]c2ccccc12. The van der Waals surface area contributed by atoms with Crippen molar-refractivity contribution in [3.8, 4) is 0 Å². The van der Waals surface area contributed by atoms with E-state index < -0.39 is 15.9 Å². The van der Waals surface area contributed by atoms with E-state index in [1.165, 1.54) is 24.4 Å². The number of halogens is 2. The van der Waals surface area contributed by atoms with Crippen LogP contribution in [0.1, 0.15) is 10.4 Å². The number of rotatable bonds is 4. The second-order valence-electron chi connectivity index (χ2n) is 4.88. The number of nitrogens with one attached hydrogen (secondary N) is 3. The van der Waals surface area contributed by atoms with E-state index in [1.807, 2.05) is 17.0 Å². The van der Waals surface area contributed by atoms with Crippen LogP contribution in [0.3, 0.4) is 0 Å². The molecule has 0 bridgehead atoms. The second kappa shape index (κ2) is 6.45. The lowest BCUT2D eigenvalue weighted by molar-refractivity contribution is 0.0947. The number of benzene rings is 2. The molecular weight excluding hydrogens is 373 g/mol. The minimum atomic E-state index is -3.97. The van der Waals surface area contributed by atoms with Crippen LogP contribution in [0.25, 0.3) is 10.9 Å². The van der Waals surface area contributed by atoms with E-state index >= 15 is 0 Å². The molecule has 6 nitrogen and oxygen atoms in total. The molecule has 3 aromatic rings. The lowest BCUT2D eigenvalue weighted by Crippen LogP contribution is -2.41. The lowest BCUT2D eigenvalue weighted by Gasteiger charge is -2.08. The first-order chi connectivity index (χ1) is 11.4. The fraction of sp³-hybridized carbons (Fsp3) is 0. The molecule has 1 aromatic heterocycles. The Morgan fingerprint density at radius 2 is 1.79 bits per heavy atom. The Kier molecular flexibility index (Phi) is 4.51. The highest BCUT2D eigenvalue weighted by molar-refractivity contribution is 7.89. The summed E-state index contributed by atoms with van der Waals surface area (Å²) in [5, 5.41) is 1.02. The first-order valence-electron chi connectivity index (χ1n) is 6.72. The van der Waals surface area contributed by atoms with Crippen LogP contribution in [0.4, 0.5) is 0 Å². The molecule has 0 saturated carbocycles. The Morgan fingerprint density at radius 3 is 2.54 bits per heavy atom. The Bertz CT molecular complexity index is 1030. The lowest BCUT2D eigenvalue weighted by atomic mass is 10.2. The van der Waals surface area contributed by atoms with Gasteiger partial charge < -0.3 is 4.98 Å². The fourth-order valence-electron chi connectivity index (χ4n) is 2.14. The first-order valence-corrected chi connectivity index (χ1v) is 8.96. The third-order valence-electron chi connectivity index (χ3n) is 3.33. The number of hydrogen-bond donors (Lipinski definition) is 3. The number of H-pyrrole nitrogens is 1. The van der Waals surface area contributed by atoms with Crippen LogP contribution in [-0.2, 0) is 10.0 Å². The zero-order valence-electron chi connectivity index (χ0n) is 12.0. The van der Waals surface area contributed by atoms with Crippen molar-refractivity contribution in [1.29, 1.82) is 0 Å². The molecule has 0 spiro atoms. The topological polar surface area (TPSA) is 91.1 Å². The maximum atomic E-state index is 12.2. The Hall–Kier alpha value is -2.06. The van der Waals surface area contributed by atoms with Gasteiger partial charge in [-0.2, -0.15) is 0 Å². The summed E-state index contributed by atoms with van der Waals surface area (Å²) in [5.74, 6) is -0.587. The van der Waals surface area contributed by atoms with E-state index in [0.717, 1.165) is 5.52 Å². The van der Waals surface area contributed by atoms with E-state index in [9.17, 15) is 13.2 Å². The molecular formula is C15H11Cl2N3O3S. The molecule has 124 valence electrons. The Morgan fingerprint density at radius 1 is 1.04 bits per heavy atom. The third-order valence-corrected chi connectivity index (χ3v) is 5.32. The van der Waals surface area contributed by atoms with Gasteiger partial charge in [-0.15, -0.1) is 4.83 Å². The van der Waals surface area contributed by atoms with Crippen molar-refractivity contribution in [3.63, 3.8) is 0 Å². The van der Waals surface area contributed by atoms with Gasteiger partial charge in [0, 0.05) is 17.1 Å². The van der Waals surface area contributed by atoms with Crippen molar-refractivity contribution in [2.75, 3.05) is 0 Å². The molecule has 24 heavy (non-hydrogen) atoms. The van der Waals surface area contributed by atoms with Gasteiger partial charge in [0.15, 0.2) is 0 Å². The van der Waals surface area contributed by atoms with E-state index in [4.69, 9.17) is 23.2 Å². The summed E-state index contributed by atoms with van der Waals surface area (Å²) >= 11 is 11.6.